The fraction of sp³-hybridized carbons (Fsp3) is 0.474. The number of esters is 2. The van der Waals surface area contributed by atoms with Gasteiger partial charge >= 0.3 is 11.9 Å². The minimum Gasteiger partial charge on any atom is -0.508 e. The molecule has 30 heavy (non-hydrogen) atoms. The molecule has 1 unspecified atom stereocenters. The zero-order valence-corrected chi connectivity index (χ0v) is 17.5. The summed E-state index contributed by atoms with van der Waals surface area (Å²) in [7, 11) is 0. The van der Waals surface area contributed by atoms with Crippen molar-refractivity contribution < 1.29 is 33.8 Å². The van der Waals surface area contributed by atoms with E-state index in [1.54, 1.807) is 13.8 Å². The normalized spacial score (nSPS) is 25.0. The molecule has 0 radical (unpaired) electrons. The van der Waals surface area contributed by atoms with E-state index in [1.165, 1.54) is 47.9 Å². The Bertz CT molecular complexity index is 873. The second-order valence-corrected chi connectivity index (χ2v) is 9.30. The van der Waals surface area contributed by atoms with Crippen LogP contribution in [0.1, 0.15) is 32.4 Å². The van der Waals surface area contributed by atoms with Gasteiger partial charge in [0.25, 0.3) is 0 Å². The zero-order chi connectivity index (χ0) is 22.2. The Labute approximate surface area is 177 Å². The molecule has 11 heteroatoms. The summed E-state index contributed by atoms with van der Waals surface area (Å²) >= 11 is 1.37. The van der Waals surface area contributed by atoms with Crippen molar-refractivity contribution in [2.45, 2.75) is 49.0 Å². The number of phenols is 1. The van der Waals surface area contributed by atoms with Crippen LogP contribution in [0.5, 0.6) is 5.75 Å². The third-order valence-corrected chi connectivity index (χ3v) is 6.53. The van der Waals surface area contributed by atoms with Gasteiger partial charge in [-0.15, -0.1) is 11.8 Å². The summed E-state index contributed by atoms with van der Waals surface area (Å²) in [6.45, 7) is 4.25. The molecule has 2 heterocycles. The van der Waals surface area contributed by atoms with Crippen molar-refractivity contribution in [3.8, 4) is 5.75 Å². The van der Waals surface area contributed by atoms with Crippen LogP contribution in [0.2, 0.25) is 0 Å². The van der Waals surface area contributed by atoms with Gasteiger partial charge in [0.05, 0.1) is 0 Å². The molecule has 2 aliphatic heterocycles. The van der Waals surface area contributed by atoms with Crippen LogP contribution in [0.4, 0.5) is 0 Å². The number of carbonyl (C=O) groups excluding carboxylic acids is 4. The number of phenolic OH excluding ortho intramolecular Hbond substituents is 1. The number of aromatic hydroxyl groups is 1. The number of nitrogens with one attached hydrogen (secondary N) is 1. The topological polar surface area (TPSA) is 148 Å². The summed E-state index contributed by atoms with van der Waals surface area (Å²) in [5.41, 5.74) is 6.45. The Hall–Kier alpha value is -2.79. The van der Waals surface area contributed by atoms with E-state index in [9.17, 15) is 24.3 Å². The highest BCUT2D eigenvalue weighted by molar-refractivity contribution is 8.01. The minimum atomic E-state index is -1.02. The Morgan fingerprint density at radius 1 is 1.27 bits per heavy atom. The zero-order valence-electron chi connectivity index (χ0n) is 16.7. The fourth-order valence-electron chi connectivity index (χ4n) is 3.45. The summed E-state index contributed by atoms with van der Waals surface area (Å²) in [6.07, 6.45) is 0. The summed E-state index contributed by atoms with van der Waals surface area (Å²) in [5, 5.41) is 11.5. The highest BCUT2D eigenvalue weighted by Gasteiger charge is 2.64. The Kier molecular flexibility index (Phi) is 5.95. The number of benzene rings is 1. The van der Waals surface area contributed by atoms with Crippen LogP contribution in [0.25, 0.3) is 0 Å². The smallest absolute Gasteiger partial charge is 0.333 e. The van der Waals surface area contributed by atoms with E-state index in [2.05, 4.69) is 10.1 Å². The summed E-state index contributed by atoms with van der Waals surface area (Å²) < 4.78 is 8.92. The molecule has 3 rings (SSSR count). The van der Waals surface area contributed by atoms with Crippen LogP contribution in [0.15, 0.2) is 24.3 Å². The third kappa shape index (κ3) is 4.08. The number of amides is 2. The van der Waals surface area contributed by atoms with E-state index >= 15 is 0 Å². The maximum atomic E-state index is 12.7. The molecule has 162 valence electrons. The fourth-order valence-corrected chi connectivity index (χ4v) is 5.07. The molecule has 0 saturated carbocycles. The van der Waals surface area contributed by atoms with Crippen LogP contribution < -0.4 is 11.1 Å². The molecule has 1 aromatic carbocycles. The molecular formula is C19H23N3O7S. The van der Waals surface area contributed by atoms with E-state index in [0.717, 1.165) is 0 Å². The van der Waals surface area contributed by atoms with Gasteiger partial charge in [-0.25, -0.2) is 4.79 Å². The van der Waals surface area contributed by atoms with Gasteiger partial charge in [-0.2, -0.15) is 0 Å². The molecule has 0 aromatic heterocycles. The van der Waals surface area contributed by atoms with Gasteiger partial charge in [-0.05, 0) is 31.5 Å². The number of rotatable bonds is 6. The van der Waals surface area contributed by atoms with Gasteiger partial charge in [-0.3, -0.25) is 14.4 Å². The monoisotopic (exact) mass is 437 g/mol. The molecule has 2 aliphatic rings. The van der Waals surface area contributed by atoms with Gasteiger partial charge in [-0.1, -0.05) is 12.1 Å². The molecule has 2 fully saturated rings. The predicted molar refractivity (Wildman–Crippen MR) is 106 cm³/mol. The number of β-lactam (4-membered cyclic amide) rings is 1. The highest BCUT2D eigenvalue weighted by Crippen LogP contribution is 2.51. The maximum absolute atomic E-state index is 12.7. The second-order valence-electron chi connectivity index (χ2n) is 7.53. The summed E-state index contributed by atoms with van der Waals surface area (Å²) in [5.74, 6) is -2.19. The summed E-state index contributed by atoms with van der Waals surface area (Å²) in [4.78, 5) is 49.9. The predicted octanol–water partition coefficient (Wildman–Crippen LogP) is 0.00290. The van der Waals surface area contributed by atoms with Crippen molar-refractivity contribution >= 4 is 35.5 Å². The Balaban J connectivity index is 1.65. The standard InChI is InChI=1S/C19H23N3O7S/c1-9(23)28-8-29-18(27)14-19(2,3)30-17-13(16(26)22(14)17)21-15(25)12(20)10-4-6-11(24)7-5-10/h4-7,12-14,17,24H,8,20H2,1-3H3,(H,21,25)/t12?,13-,14+,17-/m1/s1. The van der Waals surface area contributed by atoms with E-state index in [1.807, 2.05) is 0 Å². The van der Waals surface area contributed by atoms with E-state index in [-0.39, 0.29) is 5.75 Å². The third-order valence-electron chi connectivity index (χ3n) is 4.96. The number of fused-ring (bicyclic) bond motifs is 1. The van der Waals surface area contributed by atoms with Crippen molar-refractivity contribution in [1.29, 1.82) is 0 Å². The lowest BCUT2D eigenvalue weighted by molar-refractivity contribution is -0.175. The molecule has 2 saturated heterocycles. The van der Waals surface area contributed by atoms with E-state index in [0.29, 0.717) is 5.56 Å². The van der Waals surface area contributed by atoms with Crippen LogP contribution in [-0.2, 0) is 28.7 Å². The first-order chi connectivity index (χ1) is 14.0. The van der Waals surface area contributed by atoms with Gasteiger partial charge in [0, 0.05) is 11.7 Å². The number of thioether (sulfide) groups is 1. The van der Waals surface area contributed by atoms with Crippen molar-refractivity contribution in [3.63, 3.8) is 0 Å². The number of nitrogens with two attached hydrogens (primary N) is 1. The van der Waals surface area contributed by atoms with Crippen LogP contribution in [-0.4, -0.2) is 62.8 Å². The molecule has 0 spiro atoms. The minimum absolute atomic E-state index is 0.0485. The Morgan fingerprint density at radius 2 is 1.90 bits per heavy atom. The first-order valence-electron chi connectivity index (χ1n) is 9.18. The molecular weight excluding hydrogens is 414 g/mol. The number of hydrogen-bond donors (Lipinski definition) is 3. The van der Waals surface area contributed by atoms with E-state index < -0.39 is 58.8 Å². The number of hydrogen-bond acceptors (Lipinski definition) is 9. The first kappa shape index (κ1) is 21.9. The van der Waals surface area contributed by atoms with Gasteiger partial charge in [0.1, 0.15) is 29.2 Å². The van der Waals surface area contributed by atoms with Gasteiger partial charge in [0.15, 0.2) is 0 Å². The van der Waals surface area contributed by atoms with Gasteiger partial charge < -0.3 is 30.5 Å². The quantitative estimate of drug-likeness (QED) is 0.318. The van der Waals surface area contributed by atoms with Crippen molar-refractivity contribution in [1.82, 2.24) is 10.2 Å². The molecule has 10 nitrogen and oxygen atoms in total. The number of carbonyl (C=O) groups is 4. The van der Waals surface area contributed by atoms with Crippen LogP contribution in [0, 0.1) is 0 Å². The lowest BCUT2D eigenvalue weighted by Gasteiger charge is -2.44. The molecule has 0 bridgehead atoms. The van der Waals surface area contributed by atoms with E-state index in [4.69, 9.17) is 10.5 Å². The number of ether oxygens (including phenoxy) is 2. The maximum Gasteiger partial charge on any atom is 0.333 e. The highest BCUT2D eigenvalue weighted by atomic mass is 32.2. The largest absolute Gasteiger partial charge is 0.508 e. The lowest BCUT2D eigenvalue weighted by atomic mass is 9.95. The SMILES string of the molecule is CC(=O)OCOC(=O)[C@@H]1N2C(=O)[C@@H](NC(=O)C(N)c3ccc(O)cc3)[C@H]2SC1(C)C. The molecule has 1 aromatic rings. The molecule has 4 atom stereocenters. The van der Waals surface area contributed by atoms with Crippen LogP contribution >= 0.6 is 11.8 Å². The van der Waals surface area contributed by atoms with Crippen molar-refractivity contribution in [3.05, 3.63) is 29.8 Å². The molecule has 4 N–H and O–H groups in total. The molecule has 2 amide bonds. The van der Waals surface area contributed by atoms with Crippen molar-refractivity contribution in [2.75, 3.05) is 6.79 Å². The first-order valence-corrected chi connectivity index (χ1v) is 10.1. The van der Waals surface area contributed by atoms with Gasteiger partial charge in [0.2, 0.25) is 18.6 Å². The summed E-state index contributed by atoms with van der Waals surface area (Å²) in [6, 6.07) is 3.16. The van der Waals surface area contributed by atoms with Crippen molar-refractivity contribution in [2.24, 2.45) is 5.73 Å². The average Bonchev–Trinajstić information content (AvgIpc) is 2.93. The lowest BCUT2D eigenvalue weighted by Crippen LogP contribution is -2.71. The second kappa shape index (κ2) is 8.15. The van der Waals surface area contributed by atoms with Crippen LogP contribution in [0.3, 0.4) is 0 Å². The number of nitrogens with zero attached hydrogens (tertiary/aromatic N) is 1. The molecule has 0 aliphatic carbocycles. The Morgan fingerprint density at radius 3 is 2.50 bits per heavy atom. The average molecular weight is 437 g/mol.